The molecule has 0 atom stereocenters. The van der Waals surface area contributed by atoms with Crippen LogP contribution in [0.3, 0.4) is 0 Å². The van der Waals surface area contributed by atoms with Crippen molar-refractivity contribution in [2.75, 3.05) is 19.6 Å². The van der Waals surface area contributed by atoms with E-state index in [1.165, 1.54) is 32.1 Å². The number of H-pyrrole nitrogens is 1. The van der Waals surface area contributed by atoms with Gasteiger partial charge in [-0.2, -0.15) is 5.10 Å². The molecule has 0 aromatic carbocycles. The number of likely N-dealkylation sites (tertiary alicyclic amines) is 1. The molecule has 1 aromatic rings. The average molecular weight is 319 g/mol. The number of piperidine rings is 1. The number of nitrogens with one attached hydrogen (secondary N) is 2. The second kappa shape index (κ2) is 7.90. The van der Waals surface area contributed by atoms with Crippen LogP contribution >= 0.6 is 0 Å². The standard InChI is InChI=1S/C17H29N5O/c1-13-19-16(21-20-13)7-10-18-17(23)14-8-11-22(12-9-14)15-5-3-2-4-6-15/h14-15H,2-12H2,1H3,(H,18,23)(H,19,20,21). The van der Waals surface area contributed by atoms with E-state index in [0.717, 1.165) is 43.6 Å². The molecule has 0 unspecified atom stereocenters. The van der Waals surface area contributed by atoms with E-state index >= 15 is 0 Å². The van der Waals surface area contributed by atoms with Gasteiger partial charge in [-0.1, -0.05) is 19.3 Å². The second-order valence-corrected chi connectivity index (χ2v) is 6.98. The molecule has 3 rings (SSSR count). The summed E-state index contributed by atoms with van der Waals surface area (Å²) in [6.07, 6.45) is 9.57. The smallest absolute Gasteiger partial charge is 0.223 e. The number of carbonyl (C=O) groups is 1. The molecule has 2 N–H and O–H groups in total. The molecule has 23 heavy (non-hydrogen) atoms. The van der Waals surface area contributed by atoms with E-state index in [4.69, 9.17) is 0 Å². The van der Waals surface area contributed by atoms with Gasteiger partial charge >= 0.3 is 0 Å². The summed E-state index contributed by atoms with van der Waals surface area (Å²) in [6, 6.07) is 0.779. The minimum atomic E-state index is 0.184. The summed E-state index contributed by atoms with van der Waals surface area (Å²) >= 11 is 0. The Morgan fingerprint density at radius 3 is 2.61 bits per heavy atom. The largest absolute Gasteiger partial charge is 0.355 e. The quantitative estimate of drug-likeness (QED) is 0.868. The van der Waals surface area contributed by atoms with Crippen LogP contribution in [0.1, 0.15) is 56.6 Å². The molecule has 2 aliphatic rings. The fourth-order valence-electron chi connectivity index (χ4n) is 3.92. The van der Waals surface area contributed by atoms with E-state index in [0.29, 0.717) is 13.0 Å². The SMILES string of the molecule is Cc1nc(CCNC(=O)C2CCN(C3CCCCC3)CC2)n[nH]1. The number of nitrogens with zero attached hydrogens (tertiary/aromatic N) is 3. The Kier molecular flexibility index (Phi) is 5.65. The first kappa shape index (κ1) is 16.4. The number of aryl methyl sites for hydroxylation is 1. The van der Waals surface area contributed by atoms with Gasteiger partial charge < -0.3 is 10.2 Å². The Bertz CT molecular complexity index is 501. The van der Waals surface area contributed by atoms with Crippen molar-refractivity contribution in [1.29, 1.82) is 0 Å². The Hall–Kier alpha value is -1.43. The first-order valence-corrected chi connectivity index (χ1v) is 9.12. The number of carbonyl (C=O) groups excluding carboxylic acids is 1. The molecular formula is C17H29N5O. The number of aromatic nitrogens is 3. The zero-order valence-electron chi connectivity index (χ0n) is 14.2. The van der Waals surface area contributed by atoms with E-state index in [1.807, 2.05) is 6.92 Å². The fraction of sp³-hybridized carbons (Fsp3) is 0.824. The van der Waals surface area contributed by atoms with Crippen LogP contribution in [0.25, 0.3) is 0 Å². The first-order valence-electron chi connectivity index (χ1n) is 9.12. The van der Waals surface area contributed by atoms with Gasteiger partial charge in [-0.3, -0.25) is 9.89 Å². The van der Waals surface area contributed by atoms with Crippen molar-refractivity contribution in [3.63, 3.8) is 0 Å². The monoisotopic (exact) mass is 319 g/mol. The zero-order chi connectivity index (χ0) is 16.1. The molecule has 1 amide bonds. The Morgan fingerprint density at radius 1 is 1.22 bits per heavy atom. The number of hydrogen-bond acceptors (Lipinski definition) is 4. The molecule has 2 heterocycles. The highest BCUT2D eigenvalue weighted by atomic mass is 16.1. The molecule has 0 spiro atoms. The predicted octanol–water partition coefficient (Wildman–Crippen LogP) is 1.82. The lowest BCUT2D eigenvalue weighted by Crippen LogP contribution is -2.45. The first-order chi connectivity index (χ1) is 11.2. The molecule has 6 heteroatoms. The van der Waals surface area contributed by atoms with Crippen LogP contribution in [-0.2, 0) is 11.2 Å². The maximum atomic E-state index is 12.3. The van der Waals surface area contributed by atoms with E-state index in [9.17, 15) is 4.79 Å². The van der Waals surface area contributed by atoms with Crippen LogP contribution in [0, 0.1) is 12.8 Å². The van der Waals surface area contributed by atoms with Gasteiger partial charge in [-0.15, -0.1) is 0 Å². The van der Waals surface area contributed by atoms with Crippen LogP contribution in [0.4, 0.5) is 0 Å². The van der Waals surface area contributed by atoms with Crippen molar-refractivity contribution < 1.29 is 4.79 Å². The Morgan fingerprint density at radius 2 is 1.96 bits per heavy atom. The van der Waals surface area contributed by atoms with E-state index in [-0.39, 0.29) is 11.8 Å². The number of aromatic amines is 1. The number of rotatable bonds is 5. The van der Waals surface area contributed by atoms with Crippen molar-refractivity contribution in [2.45, 2.75) is 64.3 Å². The van der Waals surface area contributed by atoms with Crippen molar-refractivity contribution >= 4 is 5.91 Å². The number of hydrogen-bond donors (Lipinski definition) is 2. The third-order valence-corrected chi connectivity index (χ3v) is 5.28. The fourth-order valence-corrected chi connectivity index (χ4v) is 3.92. The van der Waals surface area contributed by atoms with Gasteiger partial charge in [0.15, 0.2) is 5.82 Å². The minimum absolute atomic E-state index is 0.184. The number of amides is 1. The Balaban J connectivity index is 1.36. The maximum absolute atomic E-state index is 12.3. The second-order valence-electron chi connectivity index (χ2n) is 6.98. The molecular weight excluding hydrogens is 290 g/mol. The summed E-state index contributed by atoms with van der Waals surface area (Å²) in [7, 11) is 0. The van der Waals surface area contributed by atoms with Gasteiger partial charge in [-0.25, -0.2) is 4.98 Å². The highest BCUT2D eigenvalue weighted by molar-refractivity contribution is 5.78. The zero-order valence-corrected chi connectivity index (χ0v) is 14.2. The van der Waals surface area contributed by atoms with E-state index < -0.39 is 0 Å². The summed E-state index contributed by atoms with van der Waals surface area (Å²) in [6.45, 7) is 4.68. The van der Waals surface area contributed by atoms with Gasteiger partial charge in [-0.05, 0) is 45.7 Å². The van der Waals surface area contributed by atoms with Crippen molar-refractivity contribution in [2.24, 2.45) is 5.92 Å². The van der Waals surface area contributed by atoms with Gasteiger partial charge in [0.2, 0.25) is 5.91 Å². The van der Waals surface area contributed by atoms with Crippen molar-refractivity contribution in [3.8, 4) is 0 Å². The summed E-state index contributed by atoms with van der Waals surface area (Å²) in [4.78, 5) is 19.2. The molecule has 6 nitrogen and oxygen atoms in total. The van der Waals surface area contributed by atoms with Gasteiger partial charge in [0.25, 0.3) is 0 Å². The molecule has 1 saturated heterocycles. The van der Waals surface area contributed by atoms with Gasteiger partial charge in [0.05, 0.1) is 0 Å². The summed E-state index contributed by atoms with van der Waals surface area (Å²) in [5, 5.41) is 9.97. The minimum Gasteiger partial charge on any atom is -0.355 e. The lowest BCUT2D eigenvalue weighted by Gasteiger charge is -2.38. The van der Waals surface area contributed by atoms with Crippen LogP contribution in [-0.4, -0.2) is 51.7 Å². The van der Waals surface area contributed by atoms with Crippen molar-refractivity contribution in [3.05, 3.63) is 11.6 Å². The topological polar surface area (TPSA) is 73.9 Å². The summed E-state index contributed by atoms with van der Waals surface area (Å²) in [5.74, 6) is 1.99. The maximum Gasteiger partial charge on any atom is 0.223 e. The molecule has 0 bridgehead atoms. The molecule has 1 saturated carbocycles. The predicted molar refractivity (Wildman–Crippen MR) is 89.0 cm³/mol. The summed E-state index contributed by atoms with van der Waals surface area (Å²) < 4.78 is 0. The molecule has 1 aliphatic heterocycles. The lowest BCUT2D eigenvalue weighted by molar-refractivity contribution is -0.126. The highest BCUT2D eigenvalue weighted by Crippen LogP contribution is 2.27. The van der Waals surface area contributed by atoms with Crippen LogP contribution in [0.2, 0.25) is 0 Å². The normalized spacial score (nSPS) is 21.4. The molecule has 1 aliphatic carbocycles. The van der Waals surface area contributed by atoms with Crippen molar-refractivity contribution in [1.82, 2.24) is 25.4 Å². The van der Waals surface area contributed by atoms with Gasteiger partial charge in [0.1, 0.15) is 5.82 Å². The van der Waals surface area contributed by atoms with Gasteiger partial charge in [0, 0.05) is 24.9 Å². The Labute approximate surface area is 138 Å². The van der Waals surface area contributed by atoms with Crippen LogP contribution < -0.4 is 5.32 Å². The van der Waals surface area contributed by atoms with E-state index in [1.54, 1.807) is 0 Å². The van der Waals surface area contributed by atoms with Crippen LogP contribution in [0.15, 0.2) is 0 Å². The third-order valence-electron chi connectivity index (χ3n) is 5.28. The average Bonchev–Trinajstić information content (AvgIpc) is 3.01. The molecule has 2 fully saturated rings. The van der Waals surface area contributed by atoms with Crippen LogP contribution in [0.5, 0.6) is 0 Å². The molecule has 0 radical (unpaired) electrons. The lowest BCUT2D eigenvalue weighted by atomic mass is 9.90. The highest BCUT2D eigenvalue weighted by Gasteiger charge is 2.29. The molecule has 1 aromatic heterocycles. The molecule has 128 valence electrons. The summed E-state index contributed by atoms with van der Waals surface area (Å²) in [5.41, 5.74) is 0. The third kappa shape index (κ3) is 4.53. The van der Waals surface area contributed by atoms with E-state index in [2.05, 4.69) is 25.4 Å².